The van der Waals surface area contributed by atoms with E-state index in [9.17, 15) is 14.9 Å². The minimum atomic E-state index is -1.26. The highest BCUT2D eigenvalue weighted by atomic mass is 35.5. The second-order valence-electron chi connectivity index (χ2n) is 2.57. The second kappa shape index (κ2) is 4.14. The summed E-state index contributed by atoms with van der Waals surface area (Å²) in [5.74, 6) is -1.36. The lowest BCUT2D eigenvalue weighted by Crippen LogP contribution is -2.02. The van der Waals surface area contributed by atoms with Gasteiger partial charge in [0.05, 0.1) is 18.1 Å². The van der Waals surface area contributed by atoms with Gasteiger partial charge in [0.15, 0.2) is 0 Å². The lowest BCUT2D eigenvalue weighted by molar-refractivity contribution is -0.384. The van der Waals surface area contributed by atoms with E-state index >= 15 is 0 Å². The fourth-order valence-corrected chi connectivity index (χ4v) is 1.25. The van der Waals surface area contributed by atoms with Crippen LogP contribution in [0.1, 0.15) is 10.4 Å². The molecule has 80 valence electrons. The summed E-state index contributed by atoms with van der Waals surface area (Å²) in [6.45, 7) is 0. The molecule has 0 fully saturated rings. The van der Waals surface area contributed by atoms with Gasteiger partial charge in [0.25, 0.3) is 5.69 Å². The molecule has 7 heteroatoms. The molecule has 0 atom stereocenters. The SMILES string of the molecule is COc1cc([N+](=O)[O-])c(Cl)cc1C(=O)O. The minimum absolute atomic E-state index is 0.0985. The van der Waals surface area contributed by atoms with E-state index in [-0.39, 0.29) is 16.3 Å². The maximum absolute atomic E-state index is 10.7. The van der Waals surface area contributed by atoms with Crippen LogP contribution in [0.5, 0.6) is 5.75 Å². The summed E-state index contributed by atoms with van der Waals surface area (Å²) in [5, 5.41) is 19.0. The molecule has 1 aromatic carbocycles. The Morgan fingerprint density at radius 1 is 1.60 bits per heavy atom. The van der Waals surface area contributed by atoms with Gasteiger partial charge in [0.1, 0.15) is 16.3 Å². The summed E-state index contributed by atoms with van der Waals surface area (Å²) in [6, 6.07) is 1.96. The van der Waals surface area contributed by atoms with Crippen molar-refractivity contribution in [3.05, 3.63) is 32.8 Å². The van der Waals surface area contributed by atoms with Crippen molar-refractivity contribution in [2.45, 2.75) is 0 Å². The molecule has 0 aliphatic carbocycles. The number of halogens is 1. The first-order valence-electron chi connectivity index (χ1n) is 3.72. The fourth-order valence-electron chi connectivity index (χ4n) is 1.02. The lowest BCUT2D eigenvalue weighted by Gasteiger charge is -2.05. The first-order chi connectivity index (χ1) is 6.97. The van der Waals surface area contributed by atoms with Gasteiger partial charge in [-0.1, -0.05) is 11.6 Å². The van der Waals surface area contributed by atoms with Crippen molar-refractivity contribution >= 4 is 23.3 Å². The normalized spacial score (nSPS) is 9.73. The number of nitro groups is 1. The lowest BCUT2D eigenvalue weighted by atomic mass is 10.2. The zero-order chi connectivity index (χ0) is 11.6. The van der Waals surface area contributed by atoms with E-state index < -0.39 is 16.6 Å². The molecule has 1 rings (SSSR count). The third kappa shape index (κ3) is 2.16. The Labute approximate surface area is 89.2 Å². The Morgan fingerprint density at radius 2 is 2.20 bits per heavy atom. The average Bonchev–Trinajstić information content (AvgIpc) is 2.16. The first kappa shape index (κ1) is 11.3. The zero-order valence-corrected chi connectivity index (χ0v) is 8.32. The Bertz CT molecular complexity index is 431. The molecule has 0 spiro atoms. The largest absolute Gasteiger partial charge is 0.496 e. The van der Waals surface area contributed by atoms with E-state index in [0.717, 1.165) is 12.1 Å². The van der Waals surface area contributed by atoms with Crippen LogP contribution < -0.4 is 4.74 Å². The van der Waals surface area contributed by atoms with Crippen LogP contribution in [0.3, 0.4) is 0 Å². The molecule has 0 bridgehead atoms. The number of carbonyl (C=O) groups is 1. The van der Waals surface area contributed by atoms with Gasteiger partial charge in [0.2, 0.25) is 0 Å². The van der Waals surface area contributed by atoms with Crippen LogP contribution in [-0.2, 0) is 0 Å². The van der Waals surface area contributed by atoms with Crippen LogP contribution in [0.2, 0.25) is 5.02 Å². The highest BCUT2D eigenvalue weighted by Crippen LogP contribution is 2.32. The summed E-state index contributed by atoms with van der Waals surface area (Å²) >= 11 is 5.54. The van der Waals surface area contributed by atoms with Crippen LogP contribution in [0.25, 0.3) is 0 Å². The van der Waals surface area contributed by atoms with E-state index in [4.69, 9.17) is 21.4 Å². The van der Waals surface area contributed by atoms with Crippen molar-refractivity contribution in [3.8, 4) is 5.75 Å². The Hall–Kier alpha value is -1.82. The number of carboxylic acid groups (broad SMARTS) is 1. The molecular weight excluding hydrogens is 226 g/mol. The van der Waals surface area contributed by atoms with Gasteiger partial charge in [0, 0.05) is 0 Å². The molecule has 0 unspecified atom stereocenters. The molecule has 1 N–H and O–H groups in total. The number of nitro benzene ring substituents is 1. The Balaban J connectivity index is 3.42. The standard InChI is InChI=1S/C8H6ClNO5/c1-15-7-3-6(10(13)14)5(9)2-4(7)8(11)12/h2-3H,1H3,(H,11,12). The van der Waals surface area contributed by atoms with Crippen molar-refractivity contribution in [2.24, 2.45) is 0 Å². The number of rotatable bonds is 3. The van der Waals surface area contributed by atoms with Crippen LogP contribution in [0.4, 0.5) is 5.69 Å². The molecule has 0 radical (unpaired) electrons. The number of carboxylic acids is 1. The van der Waals surface area contributed by atoms with Crippen molar-refractivity contribution < 1.29 is 19.6 Å². The quantitative estimate of drug-likeness (QED) is 0.634. The van der Waals surface area contributed by atoms with Gasteiger partial charge in [-0.3, -0.25) is 10.1 Å². The van der Waals surface area contributed by atoms with Crippen molar-refractivity contribution in [2.75, 3.05) is 7.11 Å². The van der Waals surface area contributed by atoms with Gasteiger partial charge >= 0.3 is 5.97 Å². The summed E-state index contributed by atoms with van der Waals surface area (Å²) in [7, 11) is 1.22. The van der Waals surface area contributed by atoms with Crippen LogP contribution in [0.15, 0.2) is 12.1 Å². The fraction of sp³-hybridized carbons (Fsp3) is 0.125. The number of aromatic carboxylic acids is 1. The third-order valence-electron chi connectivity index (χ3n) is 1.70. The molecule has 15 heavy (non-hydrogen) atoms. The summed E-state index contributed by atoms with van der Waals surface area (Å²) in [4.78, 5) is 20.5. The molecule has 0 aliphatic rings. The van der Waals surface area contributed by atoms with Gasteiger partial charge in [-0.25, -0.2) is 4.79 Å². The monoisotopic (exact) mass is 231 g/mol. The zero-order valence-electron chi connectivity index (χ0n) is 7.56. The van der Waals surface area contributed by atoms with E-state index in [1.807, 2.05) is 0 Å². The minimum Gasteiger partial charge on any atom is -0.496 e. The molecule has 0 heterocycles. The van der Waals surface area contributed by atoms with Crippen LogP contribution in [-0.4, -0.2) is 23.1 Å². The van der Waals surface area contributed by atoms with Gasteiger partial charge < -0.3 is 9.84 Å². The number of hydrogen-bond acceptors (Lipinski definition) is 4. The third-order valence-corrected chi connectivity index (χ3v) is 2.00. The van der Waals surface area contributed by atoms with Gasteiger partial charge in [-0.2, -0.15) is 0 Å². The maximum atomic E-state index is 10.7. The number of methoxy groups -OCH3 is 1. The van der Waals surface area contributed by atoms with Crippen LogP contribution in [0, 0.1) is 10.1 Å². The molecule has 0 saturated heterocycles. The number of nitrogens with zero attached hydrogens (tertiary/aromatic N) is 1. The van der Waals surface area contributed by atoms with E-state index in [1.165, 1.54) is 7.11 Å². The predicted molar refractivity (Wildman–Crippen MR) is 51.6 cm³/mol. The Morgan fingerprint density at radius 3 is 2.60 bits per heavy atom. The summed E-state index contributed by atoms with van der Waals surface area (Å²) in [6.07, 6.45) is 0. The molecule has 0 amide bonds. The number of ether oxygens (including phenoxy) is 1. The highest BCUT2D eigenvalue weighted by molar-refractivity contribution is 6.33. The van der Waals surface area contributed by atoms with E-state index in [2.05, 4.69) is 0 Å². The topological polar surface area (TPSA) is 89.7 Å². The van der Waals surface area contributed by atoms with Gasteiger partial charge in [-0.15, -0.1) is 0 Å². The highest BCUT2D eigenvalue weighted by Gasteiger charge is 2.20. The van der Waals surface area contributed by atoms with Crippen molar-refractivity contribution in [3.63, 3.8) is 0 Å². The van der Waals surface area contributed by atoms with Gasteiger partial charge in [-0.05, 0) is 6.07 Å². The molecule has 0 aliphatic heterocycles. The number of benzene rings is 1. The average molecular weight is 232 g/mol. The summed E-state index contributed by atoms with van der Waals surface area (Å²) in [5.41, 5.74) is -0.605. The summed E-state index contributed by atoms with van der Waals surface area (Å²) < 4.78 is 4.71. The molecule has 0 saturated carbocycles. The molecule has 6 nitrogen and oxygen atoms in total. The maximum Gasteiger partial charge on any atom is 0.339 e. The number of hydrogen-bond donors (Lipinski definition) is 1. The molecular formula is C8H6ClNO5. The second-order valence-corrected chi connectivity index (χ2v) is 2.97. The van der Waals surface area contributed by atoms with Crippen LogP contribution >= 0.6 is 11.6 Å². The van der Waals surface area contributed by atoms with E-state index in [0.29, 0.717) is 0 Å². The molecule has 0 aromatic heterocycles. The van der Waals surface area contributed by atoms with Crippen molar-refractivity contribution in [1.29, 1.82) is 0 Å². The van der Waals surface area contributed by atoms with Crippen molar-refractivity contribution in [1.82, 2.24) is 0 Å². The Kier molecular flexibility index (Phi) is 3.11. The smallest absolute Gasteiger partial charge is 0.339 e. The predicted octanol–water partition coefficient (Wildman–Crippen LogP) is 1.95. The molecule has 1 aromatic rings. The first-order valence-corrected chi connectivity index (χ1v) is 4.10. The van der Waals surface area contributed by atoms with E-state index in [1.54, 1.807) is 0 Å².